The van der Waals surface area contributed by atoms with Crippen LogP contribution in [0, 0.1) is 5.41 Å². The summed E-state index contributed by atoms with van der Waals surface area (Å²) in [5, 5.41) is 6.66. The van der Waals surface area contributed by atoms with Gasteiger partial charge >= 0.3 is 6.03 Å². The number of hydrogen-bond acceptors (Lipinski definition) is 4. The van der Waals surface area contributed by atoms with Gasteiger partial charge in [0, 0.05) is 31.1 Å². The molecule has 0 bridgehead atoms. The van der Waals surface area contributed by atoms with Crippen LogP contribution in [0.4, 0.5) is 10.5 Å². The molecule has 0 radical (unpaired) electrons. The van der Waals surface area contributed by atoms with Crippen LogP contribution < -0.4 is 4.90 Å². The Bertz CT molecular complexity index is 1050. The molecule has 9 heteroatoms. The SMILES string of the molecule is CC(=O)N(C(=O)N1CC(C)(C(=O)N(C)C)C(c2ccc(Cl)cc2)=N1)c1ccc(Cl)cc1. The van der Waals surface area contributed by atoms with Gasteiger partial charge in [0.1, 0.15) is 5.41 Å². The molecule has 1 heterocycles. The van der Waals surface area contributed by atoms with Crippen molar-refractivity contribution in [2.24, 2.45) is 10.5 Å². The van der Waals surface area contributed by atoms with Gasteiger partial charge < -0.3 is 4.90 Å². The minimum atomic E-state index is -1.10. The van der Waals surface area contributed by atoms with Gasteiger partial charge in [0.15, 0.2) is 0 Å². The number of amides is 4. The zero-order valence-electron chi connectivity index (χ0n) is 17.6. The van der Waals surface area contributed by atoms with Crippen LogP contribution in [0.25, 0.3) is 0 Å². The first kappa shape index (κ1) is 22.8. The van der Waals surface area contributed by atoms with Crippen molar-refractivity contribution in [3.63, 3.8) is 0 Å². The summed E-state index contributed by atoms with van der Waals surface area (Å²) < 4.78 is 0. The predicted molar refractivity (Wildman–Crippen MR) is 122 cm³/mol. The fourth-order valence-electron chi connectivity index (χ4n) is 3.53. The van der Waals surface area contributed by atoms with E-state index in [4.69, 9.17) is 23.2 Å². The molecule has 1 aliphatic heterocycles. The maximum atomic E-state index is 13.3. The third-order valence-corrected chi connectivity index (χ3v) is 5.52. The van der Waals surface area contributed by atoms with Gasteiger partial charge in [-0.05, 0) is 48.9 Å². The highest BCUT2D eigenvalue weighted by molar-refractivity contribution is 6.31. The second-order valence-corrected chi connectivity index (χ2v) is 8.53. The molecule has 0 spiro atoms. The largest absolute Gasteiger partial charge is 0.351 e. The maximum absolute atomic E-state index is 13.3. The van der Waals surface area contributed by atoms with E-state index in [1.807, 2.05) is 0 Å². The summed E-state index contributed by atoms with van der Waals surface area (Å²) in [5.41, 5.74) is 0.349. The van der Waals surface area contributed by atoms with E-state index in [-0.39, 0.29) is 12.5 Å². The monoisotopic (exact) mass is 460 g/mol. The number of halogens is 2. The van der Waals surface area contributed by atoms with Crippen molar-refractivity contribution in [3.05, 3.63) is 64.1 Å². The normalized spacial score (nSPS) is 17.9. The van der Waals surface area contributed by atoms with Crippen LogP contribution in [0.5, 0.6) is 0 Å². The average Bonchev–Trinajstić information content (AvgIpc) is 3.08. The molecule has 1 aliphatic rings. The molecule has 2 aromatic carbocycles. The van der Waals surface area contributed by atoms with Crippen molar-refractivity contribution in [2.45, 2.75) is 13.8 Å². The van der Waals surface area contributed by atoms with E-state index in [9.17, 15) is 14.4 Å². The summed E-state index contributed by atoms with van der Waals surface area (Å²) in [6, 6.07) is 12.6. The number of nitrogens with zero attached hydrogens (tertiary/aromatic N) is 4. The summed E-state index contributed by atoms with van der Waals surface area (Å²) in [5.74, 6) is -0.694. The van der Waals surface area contributed by atoms with Crippen molar-refractivity contribution < 1.29 is 14.4 Å². The van der Waals surface area contributed by atoms with Gasteiger partial charge in [0.2, 0.25) is 11.8 Å². The lowest BCUT2D eigenvalue weighted by Gasteiger charge is -2.29. The number of carbonyl (C=O) groups excluding carboxylic acids is 3. The molecule has 1 unspecified atom stereocenters. The van der Waals surface area contributed by atoms with Crippen LogP contribution in [-0.4, -0.2) is 54.1 Å². The third kappa shape index (κ3) is 4.43. The van der Waals surface area contributed by atoms with Crippen LogP contribution in [0.1, 0.15) is 19.4 Å². The molecular formula is C22H22Cl2N4O3. The number of hydrazone groups is 1. The Balaban J connectivity index is 2.04. The Morgan fingerprint density at radius 2 is 1.48 bits per heavy atom. The standard InChI is InChI=1S/C22H22Cl2N4O3/c1-14(29)28(18-11-9-17(24)10-12-18)21(31)27-13-22(2,20(30)26(3)4)19(25-27)15-5-7-16(23)8-6-15/h5-12H,13H2,1-4H3. The Morgan fingerprint density at radius 3 is 1.97 bits per heavy atom. The molecule has 0 saturated heterocycles. The minimum absolute atomic E-state index is 0.0157. The van der Waals surface area contributed by atoms with Gasteiger partial charge in [-0.2, -0.15) is 5.10 Å². The molecule has 4 amide bonds. The first-order chi connectivity index (χ1) is 14.5. The van der Waals surface area contributed by atoms with Crippen molar-refractivity contribution in [1.29, 1.82) is 0 Å². The average molecular weight is 461 g/mol. The van der Waals surface area contributed by atoms with E-state index in [1.54, 1.807) is 69.6 Å². The van der Waals surface area contributed by atoms with Gasteiger partial charge in [-0.3, -0.25) is 9.59 Å². The highest BCUT2D eigenvalue weighted by Crippen LogP contribution is 2.34. The summed E-state index contributed by atoms with van der Waals surface area (Å²) in [4.78, 5) is 41.2. The van der Waals surface area contributed by atoms with Crippen molar-refractivity contribution in [3.8, 4) is 0 Å². The zero-order valence-corrected chi connectivity index (χ0v) is 19.1. The van der Waals surface area contributed by atoms with Crippen LogP contribution in [0.3, 0.4) is 0 Å². The smallest absolute Gasteiger partial charge is 0.348 e. The number of anilines is 1. The number of carbonyl (C=O) groups is 3. The predicted octanol–water partition coefficient (Wildman–Crippen LogP) is 4.28. The summed E-state index contributed by atoms with van der Waals surface area (Å²) in [6.45, 7) is 3.01. The number of benzene rings is 2. The van der Waals surface area contributed by atoms with Gasteiger partial charge in [-0.15, -0.1) is 0 Å². The second kappa shape index (κ2) is 8.69. The van der Waals surface area contributed by atoms with Crippen molar-refractivity contribution >= 4 is 52.4 Å². The van der Waals surface area contributed by atoms with Gasteiger partial charge in [0.25, 0.3) is 0 Å². The first-order valence-corrected chi connectivity index (χ1v) is 10.2. The first-order valence-electron chi connectivity index (χ1n) is 9.49. The molecule has 3 rings (SSSR count). The molecule has 0 saturated carbocycles. The number of rotatable bonds is 3. The molecule has 0 aromatic heterocycles. The fraction of sp³-hybridized carbons (Fsp3) is 0.273. The van der Waals surface area contributed by atoms with E-state index in [1.165, 1.54) is 11.8 Å². The lowest BCUT2D eigenvalue weighted by Crippen LogP contribution is -2.49. The Labute approximate surface area is 190 Å². The summed E-state index contributed by atoms with van der Waals surface area (Å²) in [7, 11) is 3.29. The van der Waals surface area contributed by atoms with E-state index in [0.29, 0.717) is 27.0 Å². The summed E-state index contributed by atoms with van der Waals surface area (Å²) in [6.07, 6.45) is 0. The van der Waals surface area contributed by atoms with Crippen LogP contribution in [-0.2, 0) is 9.59 Å². The fourth-order valence-corrected chi connectivity index (χ4v) is 3.78. The van der Waals surface area contributed by atoms with Crippen LogP contribution in [0.2, 0.25) is 10.0 Å². The van der Waals surface area contributed by atoms with E-state index in [2.05, 4.69) is 5.10 Å². The quantitative estimate of drug-likeness (QED) is 0.685. The number of hydrogen-bond donors (Lipinski definition) is 0. The van der Waals surface area contributed by atoms with Crippen LogP contribution in [0.15, 0.2) is 53.6 Å². The van der Waals surface area contributed by atoms with Gasteiger partial charge in [-0.1, -0.05) is 35.3 Å². The highest BCUT2D eigenvalue weighted by atomic mass is 35.5. The molecule has 162 valence electrons. The molecule has 0 aliphatic carbocycles. The van der Waals surface area contributed by atoms with Crippen molar-refractivity contribution in [2.75, 3.05) is 25.5 Å². The lowest BCUT2D eigenvalue weighted by molar-refractivity contribution is -0.134. The topological polar surface area (TPSA) is 73.3 Å². The third-order valence-electron chi connectivity index (χ3n) is 5.02. The Kier molecular flexibility index (Phi) is 6.38. The molecule has 0 N–H and O–H groups in total. The second-order valence-electron chi connectivity index (χ2n) is 7.66. The molecular weight excluding hydrogens is 439 g/mol. The summed E-state index contributed by atoms with van der Waals surface area (Å²) >= 11 is 11.9. The molecule has 1 atom stereocenters. The molecule has 0 fully saturated rings. The molecule has 2 aromatic rings. The van der Waals surface area contributed by atoms with Crippen molar-refractivity contribution in [1.82, 2.24) is 9.91 Å². The maximum Gasteiger partial charge on any atom is 0.351 e. The van der Waals surface area contributed by atoms with Gasteiger partial charge in [0.05, 0.1) is 17.9 Å². The molecule has 31 heavy (non-hydrogen) atoms. The number of imide groups is 1. The van der Waals surface area contributed by atoms with Crippen LogP contribution >= 0.6 is 23.2 Å². The van der Waals surface area contributed by atoms with E-state index in [0.717, 1.165) is 9.91 Å². The van der Waals surface area contributed by atoms with Gasteiger partial charge in [-0.25, -0.2) is 14.7 Å². The lowest BCUT2D eigenvalue weighted by atomic mass is 9.81. The van der Waals surface area contributed by atoms with E-state index >= 15 is 0 Å². The highest BCUT2D eigenvalue weighted by Gasteiger charge is 2.49. The Hall–Kier alpha value is -2.90. The zero-order chi connectivity index (χ0) is 22.9. The molecule has 7 nitrogen and oxygen atoms in total. The number of urea groups is 1. The van der Waals surface area contributed by atoms with E-state index < -0.39 is 17.4 Å². The Morgan fingerprint density at radius 1 is 0.968 bits per heavy atom. The minimum Gasteiger partial charge on any atom is -0.348 e.